The highest BCUT2D eigenvalue weighted by Gasteiger charge is 2.53. The van der Waals surface area contributed by atoms with Crippen molar-refractivity contribution in [3.63, 3.8) is 0 Å². The molecule has 1 N–H and O–H groups in total. The summed E-state index contributed by atoms with van der Waals surface area (Å²) in [6, 6.07) is 0. The standard InChI is InChI=1S/C19H29NO2S/c1-13-4-3-5-19(2)11-17-14(10-16(13)19)15(18(21)22-17)12-20-6-8-23-9-7-20/h14-15,17H,3-12H2,1-2H3/p+1/t14-,15+,17-,19+/m1/s1. The van der Waals surface area contributed by atoms with E-state index in [-0.39, 0.29) is 18.0 Å². The van der Waals surface area contributed by atoms with Crippen LogP contribution in [0.3, 0.4) is 0 Å². The van der Waals surface area contributed by atoms with E-state index in [4.69, 9.17) is 4.74 Å². The largest absolute Gasteiger partial charge is 0.462 e. The van der Waals surface area contributed by atoms with Crippen LogP contribution < -0.4 is 4.90 Å². The van der Waals surface area contributed by atoms with Gasteiger partial charge in [0.25, 0.3) is 0 Å². The maximum atomic E-state index is 12.5. The highest BCUT2D eigenvalue weighted by molar-refractivity contribution is 7.99. The van der Waals surface area contributed by atoms with E-state index in [1.54, 1.807) is 16.0 Å². The van der Waals surface area contributed by atoms with Gasteiger partial charge in [0.2, 0.25) is 0 Å². The lowest BCUT2D eigenvalue weighted by Crippen LogP contribution is -3.14. The molecule has 0 aromatic carbocycles. The van der Waals surface area contributed by atoms with Gasteiger partial charge >= 0.3 is 5.97 Å². The van der Waals surface area contributed by atoms with Gasteiger partial charge in [0.1, 0.15) is 12.0 Å². The van der Waals surface area contributed by atoms with Crippen LogP contribution in [0.2, 0.25) is 0 Å². The number of esters is 1. The molecule has 3 fully saturated rings. The van der Waals surface area contributed by atoms with E-state index >= 15 is 0 Å². The molecule has 1 saturated carbocycles. The normalized spacial score (nSPS) is 41.5. The third-order valence-electron chi connectivity index (χ3n) is 6.89. The number of fused-ring (bicyclic) bond motifs is 2. The Morgan fingerprint density at radius 1 is 1.35 bits per heavy atom. The molecular weight excluding hydrogens is 306 g/mol. The number of hydrogen-bond donors (Lipinski definition) is 1. The minimum atomic E-state index is 0.103. The highest BCUT2D eigenvalue weighted by Crippen LogP contribution is 2.54. The van der Waals surface area contributed by atoms with Gasteiger partial charge in [-0.25, -0.2) is 0 Å². The predicted molar refractivity (Wildman–Crippen MR) is 93.6 cm³/mol. The molecule has 23 heavy (non-hydrogen) atoms. The van der Waals surface area contributed by atoms with Gasteiger partial charge < -0.3 is 9.64 Å². The number of thioether (sulfide) groups is 1. The van der Waals surface area contributed by atoms with Gasteiger partial charge in [-0.2, -0.15) is 11.8 Å². The molecule has 0 radical (unpaired) electrons. The first-order valence-corrected chi connectivity index (χ1v) is 10.5. The Bertz CT molecular complexity index is 525. The van der Waals surface area contributed by atoms with Crippen LogP contribution in [-0.2, 0) is 9.53 Å². The van der Waals surface area contributed by atoms with Crippen molar-refractivity contribution in [2.45, 2.75) is 52.1 Å². The third kappa shape index (κ3) is 2.86. The fourth-order valence-corrected chi connectivity index (χ4v) is 6.59. The second-order valence-electron chi connectivity index (χ2n) is 8.39. The maximum absolute atomic E-state index is 12.5. The zero-order chi connectivity index (χ0) is 16.0. The first kappa shape index (κ1) is 16.0. The molecule has 0 amide bonds. The monoisotopic (exact) mass is 336 g/mol. The summed E-state index contributed by atoms with van der Waals surface area (Å²) in [7, 11) is 0. The number of carbonyl (C=O) groups is 1. The van der Waals surface area contributed by atoms with Crippen LogP contribution in [0, 0.1) is 17.3 Å². The smallest absolute Gasteiger partial charge is 0.315 e. The lowest BCUT2D eigenvalue weighted by molar-refractivity contribution is -0.899. The molecule has 2 aliphatic carbocycles. The number of rotatable bonds is 2. The fourth-order valence-electron chi connectivity index (χ4n) is 5.52. The summed E-state index contributed by atoms with van der Waals surface area (Å²) in [5, 5.41) is 0. The molecule has 128 valence electrons. The van der Waals surface area contributed by atoms with Crippen molar-refractivity contribution in [2.24, 2.45) is 17.3 Å². The van der Waals surface area contributed by atoms with Crippen molar-refractivity contribution in [3.05, 3.63) is 11.1 Å². The molecule has 0 aromatic rings. The predicted octanol–water partition coefficient (Wildman–Crippen LogP) is 2.08. The maximum Gasteiger partial charge on any atom is 0.315 e. The summed E-state index contributed by atoms with van der Waals surface area (Å²) in [6.07, 6.45) is 6.21. The lowest BCUT2D eigenvalue weighted by atomic mass is 9.59. The molecule has 3 nitrogen and oxygen atoms in total. The van der Waals surface area contributed by atoms with Gasteiger partial charge in [-0.1, -0.05) is 18.1 Å². The molecule has 4 aliphatic rings. The SMILES string of the molecule is CC1=C2C[C@@H]3[C@H](C[NH+]4CCSCC4)C(=O)O[C@@H]3C[C@]2(C)CCC1. The molecule has 2 saturated heterocycles. The van der Waals surface area contributed by atoms with E-state index in [9.17, 15) is 4.79 Å². The molecule has 0 spiro atoms. The van der Waals surface area contributed by atoms with E-state index in [1.165, 1.54) is 43.9 Å². The molecular formula is C19H30NO2S+. The average Bonchev–Trinajstić information content (AvgIpc) is 2.81. The Kier molecular flexibility index (Phi) is 4.25. The molecule has 4 atom stereocenters. The number of ether oxygens (including phenoxy) is 1. The molecule has 4 rings (SSSR count). The van der Waals surface area contributed by atoms with Crippen molar-refractivity contribution in [1.29, 1.82) is 0 Å². The molecule has 0 bridgehead atoms. The van der Waals surface area contributed by atoms with Crippen LogP contribution in [0.1, 0.15) is 46.0 Å². The minimum absolute atomic E-state index is 0.103. The van der Waals surface area contributed by atoms with Gasteiger partial charge in [-0.15, -0.1) is 0 Å². The zero-order valence-corrected chi connectivity index (χ0v) is 15.3. The number of hydrogen-bond acceptors (Lipinski definition) is 3. The second kappa shape index (κ2) is 6.11. The zero-order valence-electron chi connectivity index (χ0n) is 14.5. The molecule has 2 aliphatic heterocycles. The molecule has 0 unspecified atom stereocenters. The number of allylic oxidation sites excluding steroid dienone is 2. The van der Waals surface area contributed by atoms with Crippen molar-refractivity contribution in [2.75, 3.05) is 31.1 Å². The van der Waals surface area contributed by atoms with Gasteiger partial charge in [-0.3, -0.25) is 4.79 Å². The van der Waals surface area contributed by atoms with E-state index in [0.29, 0.717) is 11.3 Å². The number of quaternary nitrogens is 1. The summed E-state index contributed by atoms with van der Waals surface area (Å²) >= 11 is 2.05. The lowest BCUT2D eigenvalue weighted by Gasteiger charge is -2.45. The summed E-state index contributed by atoms with van der Waals surface area (Å²) in [6.45, 7) is 8.17. The van der Waals surface area contributed by atoms with Crippen LogP contribution in [0.15, 0.2) is 11.1 Å². The number of nitrogens with one attached hydrogen (secondary N) is 1. The first-order valence-electron chi connectivity index (χ1n) is 9.38. The van der Waals surface area contributed by atoms with E-state index in [2.05, 4.69) is 25.6 Å². The van der Waals surface area contributed by atoms with Crippen molar-refractivity contribution >= 4 is 17.7 Å². The summed E-state index contributed by atoms with van der Waals surface area (Å²) in [4.78, 5) is 14.2. The third-order valence-corrected chi connectivity index (χ3v) is 7.87. The van der Waals surface area contributed by atoms with Crippen LogP contribution >= 0.6 is 11.8 Å². The van der Waals surface area contributed by atoms with Gasteiger partial charge in [0, 0.05) is 17.4 Å². The van der Waals surface area contributed by atoms with Gasteiger partial charge in [0.05, 0.1) is 19.6 Å². The topological polar surface area (TPSA) is 30.7 Å². The van der Waals surface area contributed by atoms with Crippen LogP contribution in [0.25, 0.3) is 0 Å². The second-order valence-corrected chi connectivity index (χ2v) is 9.62. The van der Waals surface area contributed by atoms with Crippen molar-refractivity contribution in [1.82, 2.24) is 0 Å². The Morgan fingerprint density at radius 3 is 2.91 bits per heavy atom. The van der Waals surface area contributed by atoms with Crippen LogP contribution in [-0.4, -0.2) is 43.2 Å². The Morgan fingerprint density at radius 2 is 2.13 bits per heavy atom. The average molecular weight is 337 g/mol. The Balaban J connectivity index is 1.54. The molecule has 4 heteroatoms. The summed E-state index contributed by atoms with van der Waals surface area (Å²) in [5.41, 5.74) is 3.59. The van der Waals surface area contributed by atoms with Crippen molar-refractivity contribution < 1.29 is 14.4 Å². The Hall–Kier alpha value is -0.480. The van der Waals surface area contributed by atoms with Crippen molar-refractivity contribution in [3.8, 4) is 0 Å². The summed E-state index contributed by atoms with van der Waals surface area (Å²) < 4.78 is 5.89. The van der Waals surface area contributed by atoms with Gasteiger partial charge in [0.15, 0.2) is 0 Å². The van der Waals surface area contributed by atoms with E-state index in [1.807, 2.05) is 0 Å². The quantitative estimate of drug-likeness (QED) is 0.619. The first-order chi connectivity index (χ1) is 11.1. The Labute approximate surface area is 144 Å². The van der Waals surface area contributed by atoms with Crippen LogP contribution in [0.5, 0.6) is 0 Å². The summed E-state index contributed by atoms with van der Waals surface area (Å²) in [5.74, 6) is 3.18. The number of carbonyl (C=O) groups excluding carboxylic acids is 1. The highest BCUT2D eigenvalue weighted by atomic mass is 32.2. The van der Waals surface area contributed by atoms with E-state index in [0.717, 1.165) is 19.4 Å². The molecule has 0 aromatic heterocycles. The van der Waals surface area contributed by atoms with E-state index < -0.39 is 0 Å². The fraction of sp³-hybridized carbons (Fsp3) is 0.842. The minimum Gasteiger partial charge on any atom is -0.462 e. The van der Waals surface area contributed by atoms with Gasteiger partial charge in [-0.05, 0) is 44.4 Å². The molecule has 2 heterocycles. The van der Waals surface area contributed by atoms with Crippen LogP contribution in [0.4, 0.5) is 0 Å².